The molecule has 2 aromatic rings. The van der Waals surface area contributed by atoms with Gasteiger partial charge in [-0.1, -0.05) is 53.6 Å². The Balaban J connectivity index is 1.68. The monoisotopic (exact) mass is 377 g/mol. The molecule has 2 aromatic carbocycles. The zero-order chi connectivity index (χ0) is 18.0. The molecular weight excluding hydrogens is 362 g/mol. The third-order valence-electron chi connectivity index (χ3n) is 3.68. The van der Waals surface area contributed by atoms with Crippen LogP contribution in [0.1, 0.15) is 22.8 Å². The van der Waals surface area contributed by atoms with Gasteiger partial charge >= 0.3 is 0 Å². The summed E-state index contributed by atoms with van der Waals surface area (Å²) in [5, 5.41) is 0.547. The van der Waals surface area contributed by atoms with Crippen molar-refractivity contribution >= 4 is 28.5 Å². The number of ether oxygens (including phenoxy) is 1. The summed E-state index contributed by atoms with van der Waals surface area (Å²) in [5.74, 6) is -0.680. The topological polar surface area (TPSA) is 78.6 Å². The molecule has 7 heteroatoms. The fraction of sp³-hybridized carbons (Fsp3) is 0.167. The van der Waals surface area contributed by atoms with E-state index < -0.39 is 23.0 Å². The van der Waals surface area contributed by atoms with Crippen LogP contribution in [0.5, 0.6) is 0 Å². The summed E-state index contributed by atoms with van der Waals surface area (Å²) in [6.07, 6.45) is -0.913. The Morgan fingerprint density at radius 2 is 1.80 bits per heavy atom. The van der Waals surface area contributed by atoms with E-state index in [1.54, 1.807) is 24.3 Å². The molecule has 0 saturated heterocycles. The molecule has 1 heterocycles. The summed E-state index contributed by atoms with van der Waals surface area (Å²) in [6, 6.07) is 14.2. The average Bonchev–Trinajstić information content (AvgIpc) is 2.86. The van der Waals surface area contributed by atoms with E-state index >= 15 is 0 Å². The lowest BCUT2D eigenvalue weighted by Crippen LogP contribution is -2.13. The minimum atomic E-state index is -1.74. The van der Waals surface area contributed by atoms with Crippen LogP contribution in [0.15, 0.2) is 60.2 Å². The molecule has 1 aliphatic heterocycles. The quantitative estimate of drug-likeness (QED) is 0.864. The lowest BCUT2D eigenvalue weighted by Gasteiger charge is -2.09. The first-order chi connectivity index (χ1) is 11.9. The number of rotatable bonds is 5. The van der Waals surface area contributed by atoms with E-state index in [0.717, 1.165) is 11.1 Å². The fourth-order valence-corrected chi connectivity index (χ4v) is 3.36. The first-order valence-corrected chi connectivity index (χ1v) is 9.14. The van der Waals surface area contributed by atoms with Gasteiger partial charge in [0.25, 0.3) is 0 Å². The largest absolute Gasteiger partial charge is 0.460 e. The fourth-order valence-electron chi connectivity index (χ4n) is 2.36. The van der Waals surface area contributed by atoms with Gasteiger partial charge in [-0.15, -0.1) is 0 Å². The van der Waals surface area contributed by atoms with Crippen LogP contribution in [0.2, 0.25) is 5.02 Å². The van der Waals surface area contributed by atoms with E-state index in [4.69, 9.17) is 26.3 Å². The highest BCUT2D eigenvalue weighted by molar-refractivity contribution is 7.79. The summed E-state index contributed by atoms with van der Waals surface area (Å²) in [6.45, 7) is 1.97. The summed E-state index contributed by atoms with van der Waals surface area (Å²) < 4.78 is 22.9. The number of nitrogens with two attached hydrogens (primary N) is 1. The molecule has 25 heavy (non-hydrogen) atoms. The number of Topliss-reactive ketones (excluding diaryl/α,β-unsaturated/α-hetero) is 1. The molecule has 3 rings (SSSR count). The highest BCUT2D eigenvalue weighted by atomic mass is 35.5. The molecule has 0 fully saturated rings. The van der Waals surface area contributed by atoms with Gasteiger partial charge in [-0.05, 0) is 24.6 Å². The molecule has 2 unspecified atom stereocenters. The van der Waals surface area contributed by atoms with Crippen LogP contribution in [-0.2, 0) is 30.5 Å². The highest BCUT2D eigenvalue weighted by Crippen LogP contribution is 2.32. The molecule has 0 bridgehead atoms. The van der Waals surface area contributed by atoms with Crippen LogP contribution >= 0.6 is 11.6 Å². The summed E-state index contributed by atoms with van der Waals surface area (Å²) in [5.41, 5.74) is 8.28. The normalized spacial score (nSPS) is 18.2. The molecule has 130 valence electrons. The van der Waals surface area contributed by atoms with E-state index in [1.807, 2.05) is 31.2 Å². The van der Waals surface area contributed by atoms with Crippen LogP contribution in [0.3, 0.4) is 0 Å². The van der Waals surface area contributed by atoms with E-state index in [2.05, 4.69) is 0 Å². The molecule has 0 saturated carbocycles. The zero-order valence-electron chi connectivity index (χ0n) is 13.4. The summed E-state index contributed by atoms with van der Waals surface area (Å²) >= 11 is 4.10. The Morgan fingerprint density at radius 1 is 1.16 bits per heavy atom. The van der Waals surface area contributed by atoms with E-state index in [-0.39, 0.29) is 17.4 Å². The maximum atomic E-state index is 12.5. The average molecular weight is 378 g/mol. The SMILES string of the molecule is Cc1ccc(CS(=O)OC2=C(N)OC(c3ccc(Cl)cc3)C2=O)cc1. The molecule has 2 N–H and O–H groups in total. The number of carbonyl (C=O) groups excluding carboxylic acids is 1. The van der Waals surface area contributed by atoms with Crippen molar-refractivity contribution in [2.75, 3.05) is 0 Å². The van der Waals surface area contributed by atoms with Crippen LogP contribution < -0.4 is 5.73 Å². The van der Waals surface area contributed by atoms with Gasteiger partial charge in [0.1, 0.15) is 0 Å². The Hall–Kier alpha value is -2.31. The Labute approximate surface area is 153 Å². The number of carbonyl (C=O) groups is 1. The number of ketones is 1. The second kappa shape index (κ2) is 7.29. The van der Waals surface area contributed by atoms with Gasteiger partial charge in [0.15, 0.2) is 6.10 Å². The van der Waals surface area contributed by atoms with Crippen molar-refractivity contribution < 1.29 is 17.9 Å². The van der Waals surface area contributed by atoms with Gasteiger partial charge in [-0.2, -0.15) is 0 Å². The third kappa shape index (κ3) is 4.03. The van der Waals surface area contributed by atoms with Crippen molar-refractivity contribution in [2.24, 2.45) is 5.73 Å². The van der Waals surface area contributed by atoms with Crippen molar-refractivity contribution in [1.29, 1.82) is 0 Å². The summed E-state index contributed by atoms with van der Waals surface area (Å²) in [4.78, 5) is 12.5. The van der Waals surface area contributed by atoms with Gasteiger partial charge in [-0.3, -0.25) is 4.79 Å². The second-order valence-corrected chi connectivity index (χ2v) is 7.12. The predicted molar refractivity (Wildman–Crippen MR) is 95.6 cm³/mol. The minimum absolute atomic E-state index is 0.149. The van der Waals surface area contributed by atoms with Crippen molar-refractivity contribution in [3.63, 3.8) is 0 Å². The molecule has 0 amide bonds. The molecule has 0 radical (unpaired) electrons. The molecule has 0 aromatic heterocycles. The van der Waals surface area contributed by atoms with Crippen molar-refractivity contribution in [3.8, 4) is 0 Å². The second-order valence-electron chi connectivity index (χ2n) is 5.62. The van der Waals surface area contributed by atoms with Crippen molar-refractivity contribution in [1.82, 2.24) is 0 Å². The number of hydrogen-bond donors (Lipinski definition) is 1. The maximum Gasteiger partial charge on any atom is 0.249 e. The van der Waals surface area contributed by atoms with Gasteiger partial charge in [0.2, 0.25) is 28.5 Å². The van der Waals surface area contributed by atoms with E-state index in [9.17, 15) is 9.00 Å². The Kier molecular flexibility index (Phi) is 5.11. The van der Waals surface area contributed by atoms with Gasteiger partial charge in [-0.25, -0.2) is 4.21 Å². The standard InChI is InChI=1S/C18H16ClNO4S/c1-11-2-4-12(5-3-11)10-25(22)24-17-15(21)16(23-18(17)20)13-6-8-14(19)9-7-13/h2-9,16H,10,20H2,1H3. The molecule has 0 spiro atoms. The van der Waals surface area contributed by atoms with Gasteiger partial charge < -0.3 is 14.7 Å². The lowest BCUT2D eigenvalue weighted by atomic mass is 10.1. The zero-order valence-corrected chi connectivity index (χ0v) is 15.0. The van der Waals surface area contributed by atoms with Crippen LogP contribution in [0, 0.1) is 6.92 Å². The molecule has 2 atom stereocenters. The van der Waals surface area contributed by atoms with Gasteiger partial charge in [0.05, 0.1) is 5.75 Å². The number of benzene rings is 2. The number of halogens is 1. The Morgan fingerprint density at radius 3 is 2.44 bits per heavy atom. The summed E-state index contributed by atoms with van der Waals surface area (Å²) in [7, 11) is 0. The van der Waals surface area contributed by atoms with Gasteiger partial charge in [0, 0.05) is 10.6 Å². The maximum absolute atomic E-state index is 12.5. The lowest BCUT2D eigenvalue weighted by molar-refractivity contribution is -0.123. The first kappa shape index (κ1) is 17.5. The van der Waals surface area contributed by atoms with Crippen molar-refractivity contribution in [3.05, 3.63) is 81.9 Å². The molecule has 1 aliphatic rings. The van der Waals surface area contributed by atoms with E-state index in [1.165, 1.54) is 0 Å². The third-order valence-corrected chi connectivity index (χ3v) is 4.86. The minimum Gasteiger partial charge on any atom is -0.460 e. The van der Waals surface area contributed by atoms with Crippen molar-refractivity contribution in [2.45, 2.75) is 18.8 Å². The smallest absolute Gasteiger partial charge is 0.249 e. The number of hydrogen-bond acceptors (Lipinski definition) is 5. The molecular formula is C18H16ClNO4S. The highest BCUT2D eigenvalue weighted by Gasteiger charge is 2.38. The number of aryl methyl sites for hydroxylation is 1. The Bertz CT molecular complexity index is 846. The predicted octanol–water partition coefficient (Wildman–Crippen LogP) is 3.30. The van der Waals surface area contributed by atoms with Crippen LogP contribution in [0.4, 0.5) is 0 Å². The molecule has 0 aliphatic carbocycles. The van der Waals surface area contributed by atoms with Crippen LogP contribution in [-0.4, -0.2) is 9.99 Å². The van der Waals surface area contributed by atoms with Crippen LogP contribution in [0.25, 0.3) is 0 Å². The molecule has 5 nitrogen and oxygen atoms in total. The van der Waals surface area contributed by atoms with E-state index in [0.29, 0.717) is 10.6 Å². The first-order valence-electron chi connectivity index (χ1n) is 7.52.